The standard InChI is InChI=1S/C9H18N2O2/c1-2-9(13)11-5-7(4-10)3-8(12)6-11/h7-8,12H,2-6,10H2,1H3. The van der Waals surface area contributed by atoms with Gasteiger partial charge in [0.15, 0.2) is 0 Å². The first-order valence-electron chi connectivity index (χ1n) is 4.83. The third kappa shape index (κ3) is 2.67. The number of carbonyl (C=O) groups excluding carboxylic acids is 1. The molecule has 1 aliphatic rings. The van der Waals surface area contributed by atoms with Gasteiger partial charge in [0.2, 0.25) is 5.91 Å². The van der Waals surface area contributed by atoms with Crippen LogP contribution in [0.2, 0.25) is 0 Å². The fourth-order valence-corrected chi connectivity index (χ4v) is 1.77. The molecule has 2 atom stereocenters. The highest BCUT2D eigenvalue weighted by Crippen LogP contribution is 2.16. The van der Waals surface area contributed by atoms with E-state index in [0.717, 1.165) is 6.42 Å². The molecule has 2 unspecified atom stereocenters. The number of amides is 1. The quantitative estimate of drug-likeness (QED) is 0.614. The topological polar surface area (TPSA) is 66.6 Å². The molecule has 1 amide bonds. The van der Waals surface area contributed by atoms with Crippen LogP contribution in [0, 0.1) is 5.92 Å². The van der Waals surface area contributed by atoms with Crippen molar-refractivity contribution in [3.63, 3.8) is 0 Å². The smallest absolute Gasteiger partial charge is 0.222 e. The minimum Gasteiger partial charge on any atom is -0.391 e. The van der Waals surface area contributed by atoms with E-state index in [0.29, 0.717) is 26.1 Å². The average Bonchev–Trinajstić information content (AvgIpc) is 2.15. The Kier molecular flexibility index (Phi) is 3.69. The van der Waals surface area contributed by atoms with E-state index in [1.165, 1.54) is 0 Å². The van der Waals surface area contributed by atoms with Crippen LogP contribution in [-0.2, 0) is 4.79 Å². The number of hydrogen-bond donors (Lipinski definition) is 2. The summed E-state index contributed by atoms with van der Waals surface area (Å²) in [4.78, 5) is 13.1. The highest BCUT2D eigenvalue weighted by Gasteiger charge is 2.26. The van der Waals surface area contributed by atoms with Gasteiger partial charge in [0.05, 0.1) is 6.10 Å². The lowest BCUT2D eigenvalue weighted by Gasteiger charge is -2.35. The van der Waals surface area contributed by atoms with Crippen molar-refractivity contribution in [2.24, 2.45) is 11.7 Å². The molecule has 13 heavy (non-hydrogen) atoms. The molecule has 0 radical (unpaired) electrons. The van der Waals surface area contributed by atoms with E-state index < -0.39 is 6.10 Å². The second-order valence-corrected chi connectivity index (χ2v) is 3.64. The minimum atomic E-state index is -0.391. The summed E-state index contributed by atoms with van der Waals surface area (Å²) in [7, 11) is 0. The van der Waals surface area contributed by atoms with Crippen molar-refractivity contribution >= 4 is 5.91 Å². The molecule has 0 bridgehead atoms. The number of piperidine rings is 1. The molecule has 0 aromatic heterocycles. The van der Waals surface area contributed by atoms with Crippen LogP contribution < -0.4 is 5.73 Å². The summed E-state index contributed by atoms with van der Waals surface area (Å²) >= 11 is 0. The number of carbonyl (C=O) groups is 1. The molecular weight excluding hydrogens is 168 g/mol. The largest absolute Gasteiger partial charge is 0.391 e. The Morgan fingerprint density at radius 3 is 2.85 bits per heavy atom. The molecule has 1 heterocycles. The molecule has 0 spiro atoms. The van der Waals surface area contributed by atoms with Crippen LogP contribution in [0.4, 0.5) is 0 Å². The van der Waals surface area contributed by atoms with Crippen LogP contribution in [0.5, 0.6) is 0 Å². The van der Waals surface area contributed by atoms with Gasteiger partial charge in [-0.1, -0.05) is 6.92 Å². The third-order valence-electron chi connectivity index (χ3n) is 2.50. The van der Waals surface area contributed by atoms with Gasteiger partial charge in [-0.15, -0.1) is 0 Å². The van der Waals surface area contributed by atoms with Gasteiger partial charge in [0, 0.05) is 19.5 Å². The third-order valence-corrected chi connectivity index (χ3v) is 2.50. The van der Waals surface area contributed by atoms with Crippen LogP contribution >= 0.6 is 0 Å². The van der Waals surface area contributed by atoms with Crippen molar-refractivity contribution in [3.05, 3.63) is 0 Å². The molecule has 1 rings (SSSR count). The maximum Gasteiger partial charge on any atom is 0.222 e. The van der Waals surface area contributed by atoms with Gasteiger partial charge in [-0.3, -0.25) is 4.79 Å². The monoisotopic (exact) mass is 186 g/mol. The van der Waals surface area contributed by atoms with Crippen molar-refractivity contribution in [2.45, 2.75) is 25.9 Å². The molecule has 0 aromatic rings. The summed E-state index contributed by atoms with van der Waals surface area (Å²) in [5.41, 5.74) is 5.52. The molecule has 1 aliphatic heterocycles. The van der Waals surface area contributed by atoms with Gasteiger partial charge >= 0.3 is 0 Å². The van der Waals surface area contributed by atoms with Crippen LogP contribution in [0.15, 0.2) is 0 Å². The van der Waals surface area contributed by atoms with Crippen LogP contribution in [0.25, 0.3) is 0 Å². The van der Waals surface area contributed by atoms with Crippen LogP contribution in [0.3, 0.4) is 0 Å². The van der Waals surface area contributed by atoms with Gasteiger partial charge in [-0.05, 0) is 18.9 Å². The Bertz CT molecular complexity index is 184. The van der Waals surface area contributed by atoms with Crippen molar-refractivity contribution in [2.75, 3.05) is 19.6 Å². The number of nitrogens with two attached hydrogens (primary N) is 1. The lowest BCUT2D eigenvalue weighted by atomic mass is 9.96. The lowest BCUT2D eigenvalue weighted by molar-refractivity contribution is -0.135. The number of nitrogens with zero attached hydrogens (tertiary/aromatic N) is 1. The van der Waals surface area contributed by atoms with E-state index in [2.05, 4.69) is 0 Å². The second kappa shape index (κ2) is 4.58. The zero-order valence-corrected chi connectivity index (χ0v) is 8.07. The van der Waals surface area contributed by atoms with Gasteiger partial charge < -0.3 is 15.7 Å². The Balaban J connectivity index is 2.51. The summed E-state index contributed by atoms with van der Waals surface area (Å²) in [6.45, 7) is 3.56. The first kappa shape index (κ1) is 10.5. The molecule has 0 saturated carbocycles. The van der Waals surface area contributed by atoms with E-state index in [-0.39, 0.29) is 11.8 Å². The highest BCUT2D eigenvalue weighted by atomic mass is 16.3. The van der Waals surface area contributed by atoms with E-state index >= 15 is 0 Å². The SMILES string of the molecule is CCC(=O)N1CC(O)CC(CN)C1. The summed E-state index contributed by atoms with van der Waals surface area (Å²) in [5.74, 6) is 0.372. The summed E-state index contributed by atoms with van der Waals surface area (Å²) in [6.07, 6.45) is 0.839. The highest BCUT2D eigenvalue weighted by molar-refractivity contribution is 5.75. The maximum atomic E-state index is 11.3. The van der Waals surface area contributed by atoms with Crippen molar-refractivity contribution < 1.29 is 9.90 Å². The molecule has 0 aromatic carbocycles. The first-order chi connectivity index (χ1) is 6.17. The Morgan fingerprint density at radius 1 is 1.62 bits per heavy atom. The van der Waals surface area contributed by atoms with Gasteiger partial charge in [-0.2, -0.15) is 0 Å². The number of aliphatic hydroxyl groups is 1. The normalized spacial score (nSPS) is 29.0. The van der Waals surface area contributed by atoms with Crippen molar-refractivity contribution in [1.82, 2.24) is 4.90 Å². The summed E-state index contributed by atoms with van der Waals surface area (Å²) in [6, 6.07) is 0. The number of aliphatic hydroxyl groups excluding tert-OH is 1. The van der Waals surface area contributed by atoms with Gasteiger partial charge in [-0.25, -0.2) is 0 Å². The fourth-order valence-electron chi connectivity index (χ4n) is 1.77. The first-order valence-corrected chi connectivity index (χ1v) is 4.83. The molecule has 1 fully saturated rings. The maximum absolute atomic E-state index is 11.3. The summed E-state index contributed by atoms with van der Waals surface area (Å²) < 4.78 is 0. The van der Waals surface area contributed by atoms with E-state index in [4.69, 9.17) is 5.73 Å². The van der Waals surface area contributed by atoms with Crippen LogP contribution in [-0.4, -0.2) is 41.7 Å². The molecular formula is C9H18N2O2. The van der Waals surface area contributed by atoms with E-state index in [1.54, 1.807) is 4.90 Å². The predicted octanol–water partition coefficient (Wildman–Crippen LogP) is -0.435. The average molecular weight is 186 g/mol. The van der Waals surface area contributed by atoms with Crippen molar-refractivity contribution in [1.29, 1.82) is 0 Å². The number of likely N-dealkylation sites (tertiary alicyclic amines) is 1. The van der Waals surface area contributed by atoms with E-state index in [1.807, 2.05) is 6.92 Å². The molecule has 0 aliphatic carbocycles. The zero-order chi connectivity index (χ0) is 9.84. The fraction of sp³-hybridized carbons (Fsp3) is 0.889. The second-order valence-electron chi connectivity index (χ2n) is 3.64. The molecule has 4 nitrogen and oxygen atoms in total. The summed E-state index contributed by atoms with van der Waals surface area (Å²) in [5, 5.41) is 9.48. The van der Waals surface area contributed by atoms with E-state index in [9.17, 15) is 9.90 Å². The van der Waals surface area contributed by atoms with Gasteiger partial charge in [0.1, 0.15) is 0 Å². The number of rotatable bonds is 2. The minimum absolute atomic E-state index is 0.109. The number of hydrogen-bond acceptors (Lipinski definition) is 3. The molecule has 76 valence electrons. The van der Waals surface area contributed by atoms with Crippen LogP contribution in [0.1, 0.15) is 19.8 Å². The molecule has 3 N–H and O–H groups in total. The molecule has 1 saturated heterocycles. The molecule has 4 heteroatoms. The number of β-amino-alcohol motifs (C(OH)–C–C–N with tert-alkyl or cyclic N) is 1. The Morgan fingerprint density at radius 2 is 2.31 bits per heavy atom. The lowest BCUT2D eigenvalue weighted by Crippen LogP contribution is -2.47. The predicted molar refractivity (Wildman–Crippen MR) is 50.0 cm³/mol. The van der Waals surface area contributed by atoms with Crippen molar-refractivity contribution in [3.8, 4) is 0 Å². The van der Waals surface area contributed by atoms with Gasteiger partial charge in [0.25, 0.3) is 0 Å². The zero-order valence-electron chi connectivity index (χ0n) is 8.07. The Hall–Kier alpha value is -0.610. The Labute approximate surface area is 78.7 Å².